The largest absolute Gasteiger partial charge is 0.380 e. The van der Waals surface area contributed by atoms with Gasteiger partial charge in [0.1, 0.15) is 5.52 Å². The minimum absolute atomic E-state index is 0.234. The van der Waals surface area contributed by atoms with Gasteiger partial charge in [-0.15, -0.1) is 0 Å². The maximum Gasteiger partial charge on any atom is 0.295 e. The first kappa shape index (κ1) is 22.5. The summed E-state index contributed by atoms with van der Waals surface area (Å²) in [6.45, 7) is 3.56. The second-order valence-electron chi connectivity index (χ2n) is 7.44. The number of rotatable bonds is 9. The summed E-state index contributed by atoms with van der Waals surface area (Å²) < 4.78 is 34.0. The number of halogens is 2. The maximum absolute atomic E-state index is 13.7. The van der Waals surface area contributed by atoms with Crippen LogP contribution in [0.15, 0.2) is 65.5 Å². The Morgan fingerprint density at radius 1 is 1.00 bits per heavy atom. The molecule has 2 aromatic carbocycles. The van der Waals surface area contributed by atoms with Crippen LogP contribution in [0.3, 0.4) is 0 Å². The van der Waals surface area contributed by atoms with Crippen molar-refractivity contribution in [2.24, 2.45) is 0 Å². The molecule has 0 aliphatic rings. The van der Waals surface area contributed by atoms with Crippen molar-refractivity contribution in [1.82, 2.24) is 14.5 Å². The summed E-state index contributed by atoms with van der Waals surface area (Å²) in [5.41, 5.74) is 2.53. The third kappa shape index (κ3) is 5.23. The van der Waals surface area contributed by atoms with Crippen LogP contribution in [0.5, 0.6) is 0 Å². The molecule has 170 valence electrons. The molecule has 6 nitrogen and oxygen atoms in total. The van der Waals surface area contributed by atoms with Gasteiger partial charge in [0.15, 0.2) is 23.1 Å². The highest BCUT2D eigenvalue weighted by Crippen LogP contribution is 2.22. The summed E-state index contributed by atoms with van der Waals surface area (Å²) in [6.07, 6.45) is 0.742. The normalized spacial score (nSPS) is 11.1. The number of anilines is 1. The molecule has 8 heteroatoms. The highest BCUT2D eigenvalue weighted by molar-refractivity contribution is 5.76. The Morgan fingerprint density at radius 2 is 1.82 bits per heavy atom. The van der Waals surface area contributed by atoms with Crippen LogP contribution >= 0.6 is 0 Å². The van der Waals surface area contributed by atoms with Crippen LogP contribution in [0.4, 0.5) is 14.6 Å². The molecule has 2 aromatic heterocycles. The van der Waals surface area contributed by atoms with E-state index < -0.39 is 11.6 Å². The molecule has 0 aliphatic carbocycles. The monoisotopic (exact) mass is 450 g/mol. The van der Waals surface area contributed by atoms with E-state index in [-0.39, 0.29) is 17.9 Å². The fourth-order valence-electron chi connectivity index (χ4n) is 3.53. The van der Waals surface area contributed by atoms with Gasteiger partial charge in [-0.25, -0.2) is 18.7 Å². The average Bonchev–Trinajstić information content (AvgIpc) is 2.83. The van der Waals surface area contributed by atoms with E-state index in [1.807, 2.05) is 37.3 Å². The highest BCUT2D eigenvalue weighted by atomic mass is 19.2. The standard InChI is InChI=1S/C25H24F2N4O2/c1-2-33-15-14-31-24-22(11-10-21(30-24)18-8-9-19(26)20(27)16-18)29-23(25(31)32)28-13-12-17-6-4-3-5-7-17/h3-11,16H,2,12-15H2,1H3,(H,28,29). The molecule has 0 amide bonds. The molecule has 0 fully saturated rings. The predicted molar refractivity (Wildman–Crippen MR) is 124 cm³/mol. The van der Waals surface area contributed by atoms with Gasteiger partial charge in [-0.3, -0.25) is 9.36 Å². The molecule has 2 heterocycles. The van der Waals surface area contributed by atoms with Gasteiger partial charge in [0.25, 0.3) is 5.56 Å². The Kier molecular flexibility index (Phi) is 7.04. The Morgan fingerprint density at radius 3 is 2.58 bits per heavy atom. The molecule has 4 rings (SSSR count). The van der Waals surface area contributed by atoms with Gasteiger partial charge in [0.2, 0.25) is 0 Å². The van der Waals surface area contributed by atoms with Gasteiger partial charge in [0, 0.05) is 18.7 Å². The first-order chi connectivity index (χ1) is 16.1. The van der Waals surface area contributed by atoms with Gasteiger partial charge in [0.05, 0.1) is 18.8 Å². The van der Waals surface area contributed by atoms with Crippen molar-refractivity contribution < 1.29 is 13.5 Å². The van der Waals surface area contributed by atoms with Crippen molar-refractivity contribution >= 4 is 17.0 Å². The van der Waals surface area contributed by atoms with Crippen molar-refractivity contribution in [3.05, 3.63) is 88.2 Å². The molecule has 1 N–H and O–H groups in total. The number of hydrogen-bond acceptors (Lipinski definition) is 5. The molecule has 0 unspecified atom stereocenters. The van der Waals surface area contributed by atoms with Crippen molar-refractivity contribution in [3.63, 3.8) is 0 Å². The summed E-state index contributed by atoms with van der Waals surface area (Å²) in [5.74, 6) is -1.66. The van der Waals surface area contributed by atoms with Crippen LogP contribution < -0.4 is 10.9 Å². The summed E-state index contributed by atoms with van der Waals surface area (Å²) in [5, 5.41) is 3.14. The minimum atomic E-state index is -0.959. The van der Waals surface area contributed by atoms with Gasteiger partial charge in [-0.1, -0.05) is 30.3 Å². The van der Waals surface area contributed by atoms with Crippen LogP contribution in [-0.4, -0.2) is 34.3 Å². The average molecular weight is 450 g/mol. The van der Waals surface area contributed by atoms with Crippen molar-refractivity contribution in [3.8, 4) is 11.3 Å². The van der Waals surface area contributed by atoms with Gasteiger partial charge in [-0.05, 0) is 49.2 Å². The number of nitrogens with zero attached hydrogens (tertiary/aromatic N) is 3. The van der Waals surface area contributed by atoms with Gasteiger partial charge < -0.3 is 10.1 Å². The van der Waals surface area contributed by atoms with E-state index >= 15 is 0 Å². The van der Waals surface area contributed by atoms with Crippen LogP contribution in [0.25, 0.3) is 22.4 Å². The fraction of sp³-hybridized carbons (Fsp3) is 0.240. The number of fused-ring (bicyclic) bond motifs is 1. The van der Waals surface area contributed by atoms with E-state index in [4.69, 9.17) is 4.74 Å². The molecule has 0 atom stereocenters. The zero-order valence-electron chi connectivity index (χ0n) is 18.2. The lowest BCUT2D eigenvalue weighted by atomic mass is 10.1. The molecule has 0 bridgehead atoms. The lowest BCUT2D eigenvalue weighted by Crippen LogP contribution is -2.28. The van der Waals surface area contributed by atoms with Crippen LogP contribution in [0.1, 0.15) is 12.5 Å². The Balaban J connectivity index is 1.69. The topological polar surface area (TPSA) is 69.0 Å². The Labute approximate surface area is 189 Å². The summed E-state index contributed by atoms with van der Waals surface area (Å²) in [4.78, 5) is 22.2. The Bertz CT molecular complexity index is 1310. The smallest absolute Gasteiger partial charge is 0.295 e. The third-order valence-corrected chi connectivity index (χ3v) is 5.22. The van der Waals surface area contributed by atoms with Crippen molar-refractivity contribution in [2.45, 2.75) is 19.9 Å². The molecular formula is C25H24F2N4O2. The van der Waals surface area contributed by atoms with Gasteiger partial charge in [-0.2, -0.15) is 0 Å². The van der Waals surface area contributed by atoms with E-state index in [0.717, 1.165) is 24.1 Å². The number of pyridine rings is 1. The van der Waals surface area contributed by atoms with E-state index in [9.17, 15) is 13.6 Å². The molecule has 33 heavy (non-hydrogen) atoms. The molecule has 0 saturated heterocycles. The molecule has 0 saturated carbocycles. The van der Waals surface area contributed by atoms with Crippen LogP contribution in [0, 0.1) is 11.6 Å². The lowest BCUT2D eigenvalue weighted by molar-refractivity contribution is 0.139. The van der Waals surface area contributed by atoms with E-state index in [2.05, 4.69) is 15.3 Å². The zero-order chi connectivity index (χ0) is 23.2. The number of hydrogen-bond donors (Lipinski definition) is 1. The van der Waals surface area contributed by atoms with Crippen molar-refractivity contribution in [2.75, 3.05) is 25.1 Å². The number of benzene rings is 2. The predicted octanol–water partition coefficient (Wildman–Crippen LogP) is 4.43. The fourth-order valence-corrected chi connectivity index (χ4v) is 3.53. The zero-order valence-corrected chi connectivity index (χ0v) is 18.2. The quantitative estimate of drug-likeness (QED) is 0.382. The van der Waals surface area contributed by atoms with E-state index in [1.165, 1.54) is 10.6 Å². The molecule has 0 radical (unpaired) electrons. The first-order valence-electron chi connectivity index (χ1n) is 10.8. The highest BCUT2D eigenvalue weighted by Gasteiger charge is 2.14. The van der Waals surface area contributed by atoms with E-state index in [0.29, 0.717) is 42.2 Å². The molecule has 4 aromatic rings. The summed E-state index contributed by atoms with van der Waals surface area (Å²) in [7, 11) is 0. The lowest BCUT2D eigenvalue weighted by Gasteiger charge is -2.14. The Hall–Kier alpha value is -3.65. The second kappa shape index (κ2) is 10.3. The van der Waals surface area contributed by atoms with Crippen molar-refractivity contribution in [1.29, 1.82) is 0 Å². The third-order valence-electron chi connectivity index (χ3n) is 5.22. The minimum Gasteiger partial charge on any atom is -0.380 e. The van der Waals surface area contributed by atoms with Crippen LogP contribution in [0.2, 0.25) is 0 Å². The number of ether oxygens (including phenoxy) is 1. The maximum atomic E-state index is 13.7. The molecule has 0 aliphatic heterocycles. The summed E-state index contributed by atoms with van der Waals surface area (Å²) >= 11 is 0. The van der Waals surface area contributed by atoms with E-state index in [1.54, 1.807) is 12.1 Å². The number of nitrogens with one attached hydrogen (secondary N) is 1. The van der Waals surface area contributed by atoms with Crippen LogP contribution in [-0.2, 0) is 17.7 Å². The second-order valence-corrected chi connectivity index (χ2v) is 7.44. The summed E-state index contributed by atoms with van der Waals surface area (Å²) in [6, 6.07) is 16.9. The molecule has 0 spiro atoms. The first-order valence-corrected chi connectivity index (χ1v) is 10.8. The molecular weight excluding hydrogens is 426 g/mol. The number of aromatic nitrogens is 3. The van der Waals surface area contributed by atoms with Gasteiger partial charge >= 0.3 is 0 Å². The SMILES string of the molecule is CCOCCn1c(=O)c(NCCc2ccccc2)nc2ccc(-c3ccc(F)c(F)c3)nc21.